The van der Waals surface area contributed by atoms with Crippen molar-refractivity contribution in [3.8, 4) is 0 Å². The molecule has 2 N–H and O–H groups in total. The number of hydrogen-bond acceptors (Lipinski definition) is 2. The first-order valence-corrected chi connectivity index (χ1v) is 7.17. The Balaban J connectivity index is 1.93. The average Bonchev–Trinajstić information content (AvgIpc) is 2.46. The maximum absolute atomic E-state index is 12.1. The molecule has 0 bridgehead atoms. The largest absolute Gasteiger partial charge is 0.343 e. The van der Waals surface area contributed by atoms with Crippen molar-refractivity contribution in [1.82, 2.24) is 5.32 Å². The molecule has 2 rings (SSSR count). The number of carbonyl (C=O) groups excluding carboxylic acids is 2. The molecule has 0 aliphatic heterocycles. The zero-order valence-corrected chi connectivity index (χ0v) is 13.1. The quantitative estimate of drug-likeness (QED) is 0.911. The van der Waals surface area contributed by atoms with Crippen molar-refractivity contribution < 1.29 is 9.59 Å². The molecular weight excluding hydrogens is 276 g/mol. The number of amides is 2. The number of anilines is 1. The highest BCUT2D eigenvalue weighted by Crippen LogP contribution is 2.12. The second-order valence-electron chi connectivity index (χ2n) is 5.42. The topological polar surface area (TPSA) is 58.2 Å². The standard InChI is InChI=1S/C18H20N2O2/c1-12-8-13(2)10-15(9-12)18(22)19-11-17(21)20-16-7-5-4-6-14(16)3/h4-10H,11H2,1-3H3,(H,19,22)(H,20,21). The van der Waals surface area contributed by atoms with Gasteiger partial charge < -0.3 is 10.6 Å². The fourth-order valence-corrected chi connectivity index (χ4v) is 2.28. The Bertz CT molecular complexity index is 688. The summed E-state index contributed by atoms with van der Waals surface area (Å²) >= 11 is 0. The van der Waals surface area contributed by atoms with Gasteiger partial charge in [0.05, 0.1) is 6.54 Å². The third kappa shape index (κ3) is 4.19. The van der Waals surface area contributed by atoms with E-state index in [0.717, 1.165) is 22.4 Å². The number of para-hydroxylation sites is 1. The van der Waals surface area contributed by atoms with Crippen LogP contribution in [0, 0.1) is 20.8 Å². The molecular formula is C18H20N2O2. The smallest absolute Gasteiger partial charge is 0.251 e. The van der Waals surface area contributed by atoms with E-state index >= 15 is 0 Å². The van der Waals surface area contributed by atoms with Gasteiger partial charge >= 0.3 is 0 Å². The van der Waals surface area contributed by atoms with E-state index in [0.29, 0.717) is 5.56 Å². The first-order chi connectivity index (χ1) is 10.5. The van der Waals surface area contributed by atoms with Crippen LogP contribution in [-0.2, 0) is 4.79 Å². The second kappa shape index (κ2) is 6.89. The highest BCUT2D eigenvalue weighted by molar-refractivity contribution is 5.99. The summed E-state index contributed by atoms with van der Waals surface area (Å²) < 4.78 is 0. The van der Waals surface area contributed by atoms with Crippen LogP contribution in [0.4, 0.5) is 5.69 Å². The zero-order chi connectivity index (χ0) is 16.1. The molecule has 0 heterocycles. The summed E-state index contributed by atoms with van der Waals surface area (Å²) in [5.74, 6) is -0.487. The predicted octanol–water partition coefficient (Wildman–Crippen LogP) is 2.98. The summed E-state index contributed by atoms with van der Waals surface area (Å²) in [6.45, 7) is 5.74. The summed E-state index contributed by atoms with van der Waals surface area (Å²) in [5, 5.41) is 5.43. The minimum absolute atomic E-state index is 0.0554. The highest BCUT2D eigenvalue weighted by Gasteiger charge is 2.09. The van der Waals surface area contributed by atoms with Crippen LogP contribution in [0.5, 0.6) is 0 Å². The third-order valence-corrected chi connectivity index (χ3v) is 3.31. The molecule has 0 saturated heterocycles. The van der Waals surface area contributed by atoms with E-state index in [1.54, 1.807) is 0 Å². The molecule has 2 amide bonds. The van der Waals surface area contributed by atoms with Gasteiger partial charge in [0.1, 0.15) is 0 Å². The summed E-state index contributed by atoms with van der Waals surface area (Å²) in [6, 6.07) is 13.1. The van der Waals surface area contributed by atoms with Gasteiger partial charge in [-0.1, -0.05) is 35.4 Å². The maximum Gasteiger partial charge on any atom is 0.251 e. The Hall–Kier alpha value is -2.62. The summed E-state index contributed by atoms with van der Waals surface area (Å²) in [6.07, 6.45) is 0. The molecule has 4 nitrogen and oxygen atoms in total. The molecule has 114 valence electrons. The van der Waals surface area contributed by atoms with Gasteiger partial charge in [-0.2, -0.15) is 0 Å². The van der Waals surface area contributed by atoms with Gasteiger partial charge in [0.25, 0.3) is 5.91 Å². The fourth-order valence-electron chi connectivity index (χ4n) is 2.28. The van der Waals surface area contributed by atoms with Crippen LogP contribution in [0.2, 0.25) is 0 Å². The highest BCUT2D eigenvalue weighted by atomic mass is 16.2. The molecule has 0 atom stereocenters. The van der Waals surface area contributed by atoms with Gasteiger partial charge in [0.2, 0.25) is 5.91 Å². The van der Waals surface area contributed by atoms with Crippen molar-refractivity contribution >= 4 is 17.5 Å². The second-order valence-corrected chi connectivity index (χ2v) is 5.42. The molecule has 2 aromatic rings. The third-order valence-electron chi connectivity index (χ3n) is 3.31. The van der Waals surface area contributed by atoms with Gasteiger partial charge in [-0.3, -0.25) is 9.59 Å². The Morgan fingerprint density at radius 2 is 1.59 bits per heavy atom. The van der Waals surface area contributed by atoms with E-state index in [9.17, 15) is 9.59 Å². The van der Waals surface area contributed by atoms with E-state index in [1.165, 1.54) is 0 Å². The van der Waals surface area contributed by atoms with E-state index in [4.69, 9.17) is 0 Å². The molecule has 0 aromatic heterocycles. The molecule has 0 fully saturated rings. The molecule has 0 unspecified atom stereocenters. The molecule has 0 aliphatic carbocycles. The zero-order valence-electron chi connectivity index (χ0n) is 13.1. The number of aryl methyl sites for hydroxylation is 3. The first kappa shape index (κ1) is 15.8. The minimum Gasteiger partial charge on any atom is -0.343 e. The normalized spacial score (nSPS) is 10.1. The van der Waals surface area contributed by atoms with Crippen LogP contribution < -0.4 is 10.6 Å². The number of carbonyl (C=O) groups is 2. The lowest BCUT2D eigenvalue weighted by atomic mass is 10.1. The lowest BCUT2D eigenvalue weighted by Gasteiger charge is -2.09. The first-order valence-electron chi connectivity index (χ1n) is 7.17. The van der Waals surface area contributed by atoms with Crippen molar-refractivity contribution in [2.75, 3.05) is 11.9 Å². The Kier molecular flexibility index (Phi) is 4.94. The monoisotopic (exact) mass is 296 g/mol. The van der Waals surface area contributed by atoms with Gasteiger partial charge in [0.15, 0.2) is 0 Å². The number of nitrogens with one attached hydrogen (secondary N) is 2. The lowest BCUT2D eigenvalue weighted by Crippen LogP contribution is -2.33. The van der Waals surface area contributed by atoms with Crippen LogP contribution in [0.15, 0.2) is 42.5 Å². The van der Waals surface area contributed by atoms with E-state index in [2.05, 4.69) is 10.6 Å². The fraction of sp³-hybridized carbons (Fsp3) is 0.222. The molecule has 0 aliphatic rings. The molecule has 0 saturated carbocycles. The van der Waals surface area contributed by atoms with Crippen LogP contribution in [0.3, 0.4) is 0 Å². The van der Waals surface area contributed by atoms with Crippen molar-refractivity contribution in [3.63, 3.8) is 0 Å². The van der Waals surface area contributed by atoms with Gasteiger partial charge in [-0.25, -0.2) is 0 Å². The van der Waals surface area contributed by atoms with E-state index in [1.807, 2.05) is 63.2 Å². The number of rotatable bonds is 4. The molecule has 0 radical (unpaired) electrons. The summed E-state index contributed by atoms with van der Waals surface area (Å²) in [5.41, 5.74) is 4.36. The Morgan fingerprint density at radius 3 is 2.23 bits per heavy atom. The van der Waals surface area contributed by atoms with Crippen LogP contribution in [-0.4, -0.2) is 18.4 Å². The average molecular weight is 296 g/mol. The van der Waals surface area contributed by atoms with E-state index in [-0.39, 0.29) is 18.4 Å². The van der Waals surface area contributed by atoms with Crippen LogP contribution in [0.1, 0.15) is 27.0 Å². The van der Waals surface area contributed by atoms with Crippen molar-refractivity contribution in [2.24, 2.45) is 0 Å². The predicted molar refractivity (Wildman–Crippen MR) is 88.1 cm³/mol. The number of benzene rings is 2. The van der Waals surface area contributed by atoms with Crippen molar-refractivity contribution in [3.05, 3.63) is 64.7 Å². The SMILES string of the molecule is Cc1cc(C)cc(C(=O)NCC(=O)Nc2ccccc2C)c1. The molecule has 2 aromatic carbocycles. The van der Waals surface area contributed by atoms with Crippen molar-refractivity contribution in [1.29, 1.82) is 0 Å². The van der Waals surface area contributed by atoms with Crippen LogP contribution >= 0.6 is 0 Å². The minimum atomic E-state index is -0.244. The summed E-state index contributed by atoms with van der Waals surface area (Å²) in [7, 11) is 0. The van der Waals surface area contributed by atoms with Crippen LogP contribution in [0.25, 0.3) is 0 Å². The van der Waals surface area contributed by atoms with Gasteiger partial charge in [-0.15, -0.1) is 0 Å². The molecule has 0 spiro atoms. The van der Waals surface area contributed by atoms with Crippen molar-refractivity contribution in [2.45, 2.75) is 20.8 Å². The molecule has 4 heteroatoms. The van der Waals surface area contributed by atoms with Gasteiger partial charge in [-0.05, 0) is 44.5 Å². The lowest BCUT2D eigenvalue weighted by molar-refractivity contribution is -0.115. The molecule has 22 heavy (non-hydrogen) atoms. The van der Waals surface area contributed by atoms with Gasteiger partial charge in [0, 0.05) is 11.3 Å². The maximum atomic E-state index is 12.1. The number of hydrogen-bond donors (Lipinski definition) is 2. The Labute approximate surface area is 130 Å². The Morgan fingerprint density at radius 1 is 0.955 bits per heavy atom. The summed E-state index contributed by atoms with van der Waals surface area (Å²) in [4.78, 5) is 24.0. The van der Waals surface area contributed by atoms with E-state index < -0.39 is 0 Å².